The van der Waals surface area contributed by atoms with Crippen molar-refractivity contribution in [1.82, 2.24) is 0 Å². The second-order valence-electron chi connectivity index (χ2n) is 7.46. The third-order valence-corrected chi connectivity index (χ3v) is 5.69. The number of benzene rings is 3. The molecule has 0 saturated heterocycles. The monoisotopic (exact) mass is 422 g/mol. The van der Waals surface area contributed by atoms with Crippen molar-refractivity contribution in [3.05, 3.63) is 106 Å². The SMILES string of the molecule is CCc1ccc(C2=C(c3cccc(C(F)(F)F)c3)[C@@H](C(=O)OC)c3ccccc32)cc1. The average molecular weight is 422 g/mol. The summed E-state index contributed by atoms with van der Waals surface area (Å²) in [5, 5.41) is 0. The van der Waals surface area contributed by atoms with Crippen LogP contribution in [0, 0.1) is 0 Å². The summed E-state index contributed by atoms with van der Waals surface area (Å²) in [4.78, 5) is 12.8. The highest BCUT2D eigenvalue weighted by Gasteiger charge is 2.39. The van der Waals surface area contributed by atoms with Crippen molar-refractivity contribution in [2.24, 2.45) is 0 Å². The van der Waals surface area contributed by atoms with Crippen LogP contribution in [0.15, 0.2) is 72.8 Å². The van der Waals surface area contributed by atoms with Crippen LogP contribution in [0.5, 0.6) is 0 Å². The number of hydrogen-bond donors (Lipinski definition) is 0. The molecule has 0 fully saturated rings. The van der Waals surface area contributed by atoms with Gasteiger partial charge in [0.15, 0.2) is 0 Å². The van der Waals surface area contributed by atoms with Crippen molar-refractivity contribution in [3.8, 4) is 0 Å². The van der Waals surface area contributed by atoms with Gasteiger partial charge in [-0.2, -0.15) is 13.2 Å². The fourth-order valence-corrected chi connectivity index (χ4v) is 4.18. The maximum atomic E-state index is 13.4. The van der Waals surface area contributed by atoms with Crippen LogP contribution in [0.2, 0.25) is 0 Å². The summed E-state index contributed by atoms with van der Waals surface area (Å²) < 4.78 is 45.4. The minimum absolute atomic E-state index is 0.357. The first-order valence-corrected chi connectivity index (χ1v) is 10.0. The molecular formula is C26H21F3O2. The number of halogens is 3. The largest absolute Gasteiger partial charge is 0.468 e. The van der Waals surface area contributed by atoms with E-state index in [1.165, 1.54) is 13.2 Å². The van der Waals surface area contributed by atoms with Gasteiger partial charge >= 0.3 is 12.1 Å². The van der Waals surface area contributed by atoms with Crippen LogP contribution in [0.3, 0.4) is 0 Å². The van der Waals surface area contributed by atoms with Crippen LogP contribution >= 0.6 is 0 Å². The summed E-state index contributed by atoms with van der Waals surface area (Å²) in [5.74, 6) is -1.30. The van der Waals surface area contributed by atoms with Crippen LogP contribution in [-0.4, -0.2) is 13.1 Å². The first-order valence-electron chi connectivity index (χ1n) is 10.0. The van der Waals surface area contributed by atoms with Gasteiger partial charge in [-0.25, -0.2) is 0 Å². The van der Waals surface area contributed by atoms with Gasteiger partial charge < -0.3 is 4.74 Å². The minimum Gasteiger partial charge on any atom is -0.468 e. The minimum atomic E-state index is -4.48. The van der Waals surface area contributed by atoms with Gasteiger partial charge in [-0.15, -0.1) is 0 Å². The molecule has 0 unspecified atom stereocenters. The molecule has 0 saturated carbocycles. The van der Waals surface area contributed by atoms with Gasteiger partial charge in [-0.3, -0.25) is 4.79 Å². The lowest BCUT2D eigenvalue weighted by atomic mass is 9.88. The summed E-state index contributed by atoms with van der Waals surface area (Å²) in [6.07, 6.45) is -3.60. The molecule has 0 spiro atoms. The van der Waals surface area contributed by atoms with E-state index in [-0.39, 0.29) is 0 Å². The van der Waals surface area contributed by atoms with Crippen molar-refractivity contribution in [1.29, 1.82) is 0 Å². The number of rotatable bonds is 4. The Morgan fingerprint density at radius 3 is 2.29 bits per heavy atom. The molecule has 5 heteroatoms. The van der Waals surface area contributed by atoms with Crippen molar-refractivity contribution in [3.63, 3.8) is 0 Å². The molecule has 1 aliphatic carbocycles. The highest BCUT2D eigenvalue weighted by Crippen LogP contribution is 2.50. The van der Waals surface area contributed by atoms with Gasteiger partial charge in [0, 0.05) is 0 Å². The number of fused-ring (bicyclic) bond motifs is 1. The molecular weight excluding hydrogens is 401 g/mol. The lowest BCUT2D eigenvalue weighted by Gasteiger charge is -2.17. The van der Waals surface area contributed by atoms with E-state index in [9.17, 15) is 18.0 Å². The number of carbonyl (C=O) groups excluding carboxylic acids is 1. The van der Waals surface area contributed by atoms with E-state index < -0.39 is 23.6 Å². The zero-order valence-electron chi connectivity index (χ0n) is 17.2. The molecule has 1 atom stereocenters. The molecule has 3 aromatic carbocycles. The highest BCUT2D eigenvalue weighted by atomic mass is 19.4. The Labute approximate surface area is 179 Å². The van der Waals surface area contributed by atoms with Gasteiger partial charge in [-0.05, 0) is 57.5 Å². The fourth-order valence-electron chi connectivity index (χ4n) is 4.18. The van der Waals surface area contributed by atoms with Crippen molar-refractivity contribution in [2.45, 2.75) is 25.4 Å². The Morgan fingerprint density at radius 2 is 1.65 bits per heavy atom. The van der Waals surface area contributed by atoms with Crippen molar-refractivity contribution < 1.29 is 22.7 Å². The summed E-state index contributed by atoms with van der Waals surface area (Å²) in [6, 6.07) is 20.5. The van der Waals surface area contributed by atoms with E-state index in [4.69, 9.17) is 4.74 Å². The fraction of sp³-hybridized carbons (Fsp3) is 0.192. The van der Waals surface area contributed by atoms with E-state index >= 15 is 0 Å². The molecule has 0 N–H and O–H groups in total. The molecule has 2 nitrogen and oxygen atoms in total. The molecule has 31 heavy (non-hydrogen) atoms. The van der Waals surface area contributed by atoms with E-state index in [0.717, 1.165) is 46.4 Å². The van der Waals surface area contributed by atoms with Crippen molar-refractivity contribution in [2.75, 3.05) is 7.11 Å². The standard InChI is InChI=1S/C26H21F3O2/c1-3-16-11-13-17(14-12-16)22-20-9-4-5-10-21(20)24(25(30)31-2)23(22)18-7-6-8-19(15-18)26(27,28)29/h4-15,24H,3H2,1-2H3/t24-/m0/s1. The maximum Gasteiger partial charge on any atom is 0.416 e. The number of aryl methyl sites for hydroxylation is 1. The Hall–Kier alpha value is -3.34. The predicted molar refractivity (Wildman–Crippen MR) is 114 cm³/mol. The topological polar surface area (TPSA) is 26.3 Å². The molecule has 1 aliphatic rings. The molecule has 0 bridgehead atoms. The van der Waals surface area contributed by atoms with Crippen LogP contribution in [0.4, 0.5) is 13.2 Å². The molecule has 0 heterocycles. The summed E-state index contributed by atoms with van der Waals surface area (Å²) >= 11 is 0. The smallest absolute Gasteiger partial charge is 0.416 e. The van der Waals surface area contributed by atoms with Crippen LogP contribution < -0.4 is 0 Å². The second-order valence-corrected chi connectivity index (χ2v) is 7.46. The summed E-state index contributed by atoms with van der Waals surface area (Å²) in [6.45, 7) is 2.06. The number of alkyl halides is 3. The molecule has 0 amide bonds. The van der Waals surface area contributed by atoms with Gasteiger partial charge in [-0.1, -0.05) is 67.6 Å². The zero-order valence-corrected chi connectivity index (χ0v) is 17.2. The summed E-state index contributed by atoms with van der Waals surface area (Å²) in [5.41, 5.74) is 4.46. The van der Waals surface area contributed by atoms with E-state index in [1.807, 2.05) is 48.5 Å². The number of esters is 1. The Kier molecular flexibility index (Phi) is 5.44. The quantitative estimate of drug-likeness (QED) is 0.449. The highest BCUT2D eigenvalue weighted by molar-refractivity contribution is 6.13. The Morgan fingerprint density at radius 1 is 0.935 bits per heavy atom. The molecule has 4 rings (SSSR count). The Bertz CT molecular complexity index is 1160. The normalized spacial score (nSPS) is 15.7. The number of methoxy groups -OCH3 is 1. The van der Waals surface area contributed by atoms with Crippen LogP contribution in [0.1, 0.15) is 46.2 Å². The Balaban J connectivity index is 2.02. The molecule has 158 valence electrons. The molecule has 3 aromatic rings. The maximum absolute atomic E-state index is 13.4. The third kappa shape index (κ3) is 3.76. The molecule has 0 aromatic heterocycles. The first-order chi connectivity index (χ1) is 14.8. The summed E-state index contributed by atoms with van der Waals surface area (Å²) in [7, 11) is 1.29. The first kappa shape index (κ1) is 20.9. The van der Waals surface area contributed by atoms with Gasteiger partial charge in [0.1, 0.15) is 5.92 Å². The zero-order chi connectivity index (χ0) is 22.2. The van der Waals surface area contributed by atoms with Crippen LogP contribution in [-0.2, 0) is 22.1 Å². The van der Waals surface area contributed by atoms with Gasteiger partial charge in [0.25, 0.3) is 0 Å². The number of ether oxygens (including phenoxy) is 1. The van der Waals surface area contributed by atoms with E-state index in [0.29, 0.717) is 11.1 Å². The number of carbonyl (C=O) groups is 1. The van der Waals surface area contributed by atoms with E-state index in [2.05, 4.69) is 6.92 Å². The molecule has 0 radical (unpaired) electrons. The van der Waals surface area contributed by atoms with Gasteiger partial charge in [0.2, 0.25) is 0 Å². The van der Waals surface area contributed by atoms with Crippen molar-refractivity contribution >= 4 is 17.1 Å². The average Bonchev–Trinajstić information content (AvgIpc) is 3.13. The van der Waals surface area contributed by atoms with Gasteiger partial charge in [0.05, 0.1) is 12.7 Å². The van der Waals surface area contributed by atoms with Crippen LogP contribution in [0.25, 0.3) is 11.1 Å². The predicted octanol–water partition coefficient (Wildman–Crippen LogP) is 6.50. The third-order valence-electron chi connectivity index (χ3n) is 5.69. The second kappa shape index (κ2) is 8.06. The lowest BCUT2D eigenvalue weighted by Crippen LogP contribution is -2.14. The van der Waals surface area contributed by atoms with E-state index in [1.54, 1.807) is 6.07 Å². The number of hydrogen-bond acceptors (Lipinski definition) is 2. The lowest BCUT2D eigenvalue weighted by molar-refractivity contribution is -0.140. The molecule has 0 aliphatic heterocycles.